The van der Waals surface area contributed by atoms with Crippen molar-refractivity contribution < 1.29 is 67.4 Å². The number of allylic oxidation sites excluding steroid dienone is 2. The van der Waals surface area contributed by atoms with Crippen molar-refractivity contribution in [3.05, 3.63) is 34.4 Å². The zero-order valence-electron chi connectivity index (χ0n) is 64.1. The molecule has 11 amide bonds. The number of hydrogen-bond donors (Lipinski definition) is 6. The molecule has 0 radical (unpaired) electrons. The molecule has 1 fully saturated rings. The molecule has 0 aliphatic carbocycles. The number of nitro benzene ring substituents is 1. The maximum Gasteiger partial charge on any atom is 0.300 e. The molecule has 3 rings (SSSR count). The van der Waals surface area contributed by atoms with Crippen LogP contribution in [0.3, 0.4) is 0 Å². The van der Waals surface area contributed by atoms with Crippen LogP contribution in [-0.4, -0.2) is 249 Å². The lowest BCUT2D eigenvalue weighted by Crippen LogP contribution is -2.63. The van der Waals surface area contributed by atoms with Crippen LogP contribution < -0.4 is 26.6 Å². The lowest BCUT2D eigenvalue weighted by molar-refractivity contribution is -0.383. The first-order chi connectivity index (χ1) is 47.1. The van der Waals surface area contributed by atoms with Gasteiger partial charge < -0.3 is 66.0 Å². The van der Waals surface area contributed by atoms with E-state index in [2.05, 4.69) is 36.9 Å². The van der Waals surface area contributed by atoms with Gasteiger partial charge in [-0.05, 0) is 129 Å². The number of rotatable bonds is 22. The van der Waals surface area contributed by atoms with E-state index in [-0.39, 0.29) is 98.3 Å². The number of anilines is 1. The highest BCUT2D eigenvalue weighted by Gasteiger charge is 2.46. The highest BCUT2D eigenvalue weighted by atomic mass is 16.6. The van der Waals surface area contributed by atoms with E-state index in [0.29, 0.717) is 12.1 Å². The van der Waals surface area contributed by atoms with Gasteiger partial charge in [-0.2, -0.15) is 0 Å². The van der Waals surface area contributed by atoms with Crippen molar-refractivity contribution in [1.82, 2.24) is 65.9 Å². The standard InChI is InChI=1S/C71H119N15O15/c1-24-26-29-45(15)61(88)60-65(92)74-47(25-2)66(93)79(17)38-55(87)80(18)51(34-39(3)4)64(91)76-56(43(11)12)70(97)81(19)52(35-40(5)6)63(90)73-46(16)62(89)75-49(30-27-28-33-72-48-31-32-50(86(99)100)58-57(48)77-101-78-58)67(94)82(20)53(36-41(7)8)68(95)83(21)54(37-42(9)10)69(96)84(22)59(44(13)14)71(98)85(60)23/h24,26,31-32,39-47,49,51-54,56,59-61,72,88H,25,27-30,33-38H2,1-23H3,(H,73,90)(H,74,92)(H,75,89)(H,76,91)/b26-24+/t45?,46-,47-,49+,51-,52-,53-,54-,56-,59-,60+,61?/m0/s1. The van der Waals surface area contributed by atoms with Crippen LogP contribution in [0.4, 0.5) is 11.4 Å². The summed E-state index contributed by atoms with van der Waals surface area (Å²) in [5.41, 5.74) is 0.132. The van der Waals surface area contributed by atoms with Crippen LogP contribution in [0.15, 0.2) is 28.9 Å². The van der Waals surface area contributed by atoms with E-state index in [0.717, 1.165) is 9.80 Å². The molecular formula is C71H119N15O15. The summed E-state index contributed by atoms with van der Waals surface area (Å²) in [6.45, 7) is 27.8. The van der Waals surface area contributed by atoms with Gasteiger partial charge in [0.15, 0.2) is 5.52 Å². The molecule has 2 heterocycles. The molecule has 6 N–H and O–H groups in total. The number of hydrogen-bond acceptors (Lipinski definition) is 18. The Balaban J connectivity index is 2.35. The molecule has 0 bridgehead atoms. The molecule has 1 aromatic carbocycles. The predicted molar refractivity (Wildman–Crippen MR) is 384 cm³/mol. The lowest BCUT2D eigenvalue weighted by Gasteiger charge is -2.41. The topological polar surface area (TPSA) is 373 Å². The molecule has 2 unspecified atom stereocenters. The first-order valence-electron chi connectivity index (χ1n) is 35.6. The van der Waals surface area contributed by atoms with Crippen LogP contribution in [0.2, 0.25) is 0 Å². The molecule has 12 atom stereocenters. The number of nitrogens with one attached hydrogen (secondary N) is 5. The molecule has 568 valence electrons. The Labute approximate surface area is 597 Å². The molecule has 1 saturated heterocycles. The second-order valence-electron chi connectivity index (χ2n) is 29.7. The van der Waals surface area contributed by atoms with Crippen molar-refractivity contribution in [3.63, 3.8) is 0 Å². The van der Waals surface area contributed by atoms with Gasteiger partial charge in [-0.15, -0.1) is 0 Å². The number of non-ortho nitro benzene ring substituents is 1. The highest BCUT2D eigenvalue weighted by Crippen LogP contribution is 2.30. The quantitative estimate of drug-likeness (QED) is 0.0392. The number of likely N-dealkylation sites (N-methyl/N-ethyl adjacent to an activating group) is 7. The van der Waals surface area contributed by atoms with Gasteiger partial charge in [0.2, 0.25) is 70.5 Å². The Hall–Kier alpha value is -8.31. The van der Waals surface area contributed by atoms with Crippen LogP contribution in [0.25, 0.3) is 11.0 Å². The molecule has 2 aromatic rings. The van der Waals surface area contributed by atoms with Gasteiger partial charge in [-0.3, -0.25) is 62.9 Å². The van der Waals surface area contributed by atoms with Gasteiger partial charge in [0, 0.05) is 61.9 Å². The normalized spacial score (nSPS) is 24.5. The van der Waals surface area contributed by atoms with E-state index in [1.807, 2.05) is 55.4 Å². The summed E-state index contributed by atoms with van der Waals surface area (Å²) in [5, 5.41) is 45.8. The smallest absolute Gasteiger partial charge is 0.300 e. The summed E-state index contributed by atoms with van der Waals surface area (Å²) in [6, 6.07) is -10.3. The third-order valence-corrected chi connectivity index (χ3v) is 18.8. The van der Waals surface area contributed by atoms with Gasteiger partial charge in [-0.1, -0.05) is 109 Å². The zero-order chi connectivity index (χ0) is 76.9. The summed E-state index contributed by atoms with van der Waals surface area (Å²) in [7, 11) is 9.81. The number of aliphatic hydroxyl groups is 1. The van der Waals surface area contributed by atoms with E-state index in [9.17, 15) is 48.8 Å². The number of nitro groups is 1. The Morgan fingerprint density at radius 1 is 0.574 bits per heavy atom. The lowest BCUT2D eigenvalue weighted by atomic mass is 9.91. The van der Waals surface area contributed by atoms with Gasteiger partial charge in [0.05, 0.1) is 23.3 Å². The van der Waals surface area contributed by atoms with Gasteiger partial charge >= 0.3 is 5.69 Å². The predicted octanol–water partition coefficient (Wildman–Crippen LogP) is 4.98. The van der Waals surface area contributed by atoms with Crippen molar-refractivity contribution >= 4 is 87.4 Å². The van der Waals surface area contributed by atoms with Crippen LogP contribution in [0, 0.1) is 51.5 Å². The second kappa shape index (κ2) is 39.8. The second-order valence-corrected chi connectivity index (χ2v) is 29.7. The number of amides is 11. The van der Waals surface area contributed by atoms with E-state index >= 15 is 19.2 Å². The van der Waals surface area contributed by atoms with Crippen LogP contribution in [0.5, 0.6) is 0 Å². The number of aliphatic hydroxyl groups excluding tert-OH is 1. The molecule has 0 spiro atoms. The monoisotopic (exact) mass is 1420 g/mol. The van der Waals surface area contributed by atoms with E-state index in [1.165, 1.54) is 92.9 Å². The molecule has 1 aliphatic rings. The first-order valence-corrected chi connectivity index (χ1v) is 35.6. The van der Waals surface area contributed by atoms with E-state index < -0.39 is 161 Å². The minimum Gasteiger partial charge on any atom is -0.390 e. The molecule has 30 heteroatoms. The Bertz CT molecular complexity index is 3210. The largest absolute Gasteiger partial charge is 0.390 e. The number of nitrogens with zero attached hydrogens (tertiary/aromatic N) is 10. The summed E-state index contributed by atoms with van der Waals surface area (Å²) in [4.78, 5) is 184. The maximum atomic E-state index is 15.5. The number of carbonyl (C=O) groups excluding carboxylic acids is 11. The fourth-order valence-electron chi connectivity index (χ4n) is 12.6. The van der Waals surface area contributed by atoms with Crippen molar-refractivity contribution in [2.75, 3.05) is 67.7 Å². The SMILES string of the molecule is C/C=C/CC(C)C(O)[C@@H]1C(=O)N[C@@H](CC)C(=O)N(C)CC(=O)N(C)[C@@H](CC(C)C)C(=O)N[C@@H](C(C)C)C(=O)N(C)[C@@H](CC(C)C)C(=O)N[C@@H](C)C(=O)N[C@H](CCCCNc2ccc([N+](=O)[O-])c3nonc23)C(=O)N(C)[C@@H](CC(C)C)C(=O)N(C)[C@@H](CC(C)C)C(=O)N(C)[C@@H](C(C)C)C(=O)N1C. The molecule has 0 saturated carbocycles. The zero-order valence-corrected chi connectivity index (χ0v) is 64.1. The van der Waals surface area contributed by atoms with Crippen molar-refractivity contribution in [1.29, 1.82) is 0 Å². The minimum absolute atomic E-state index is 0.00273. The van der Waals surface area contributed by atoms with Crippen molar-refractivity contribution in [2.45, 2.75) is 235 Å². The highest BCUT2D eigenvalue weighted by molar-refractivity contribution is 6.00. The van der Waals surface area contributed by atoms with Gasteiger partial charge in [-0.25, -0.2) is 4.63 Å². The first kappa shape index (κ1) is 86.9. The van der Waals surface area contributed by atoms with E-state index in [4.69, 9.17) is 4.63 Å². The summed E-state index contributed by atoms with van der Waals surface area (Å²) in [5.74, 6) is -10.5. The number of fused-ring (bicyclic) bond motifs is 1. The molecular weight excluding hydrogens is 1300 g/mol. The fourth-order valence-corrected chi connectivity index (χ4v) is 12.6. The third kappa shape index (κ3) is 23.6. The van der Waals surface area contributed by atoms with Crippen molar-refractivity contribution in [3.8, 4) is 0 Å². The molecule has 1 aliphatic heterocycles. The summed E-state index contributed by atoms with van der Waals surface area (Å²) >= 11 is 0. The van der Waals surface area contributed by atoms with Crippen LogP contribution in [0.1, 0.15) is 169 Å². The Kier molecular flexibility index (Phi) is 34.2. The number of aromatic nitrogens is 2. The number of unbranched alkanes of at least 4 members (excludes halogenated alkanes) is 1. The Morgan fingerprint density at radius 3 is 1.57 bits per heavy atom. The number of carbonyl (C=O) groups is 11. The number of benzene rings is 1. The molecule has 101 heavy (non-hydrogen) atoms. The van der Waals surface area contributed by atoms with Gasteiger partial charge in [0.25, 0.3) is 0 Å². The van der Waals surface area contributed by atoms with E-state index in [1.54, 1.807) is 60.6 Å². The maximum absolute atomic E-state index is 15.5. The van der Waals surface area contributed by atoms with Gasteiger partial charge in [0.1, 0.15) is 60.4 Å². The molecule has 1 aromatic heterocycles. The van der Waals surface area contributed by atoms with Crippen LogP contribution >= 0.6 is 0 Å². The Morgan fingerprint density at radius 2 is 1.06 bits per heavy atom. The fraction of sp³-hybridized carbons (Fsp3) is 0.732. The average Bonchev–Trinajstić information content (AvgIpc) is 1.19. The molecule has 30 nitrogen and oxygen atoms in total. The minimum atomic E-state index is -1.65. The summed E-state index contributed by atoms with van der Waals surface area (Å²) in [6.07, 6.45) is 3.29. The van der Waals surface area contributed by atoms with Crippen LogP contribution in [-0.2, 0) is 52.7 Å². The third-order valence-electron chi connectivity index (χ3n) is 18.8. The van der Waals surface area contributed by atoms with Crippen molar-refractivity contribution in [2.24, 2.45) is 41.4 Å². The average molecular weight is 1420 g/mol. The summed E-state index contributed by atoms with van der Waals surface area (Å²) < 4.78 is 4.83.